The first-order chi connectivity index (χ1) is 25.5. The normalized spacial score (nSPS) is 40.3. The molecule has 3 heterocycles. The minimum absolute atomic E-state index is 0.00956. The number of carbonyl (C=O) groups is 4. The number of esters is 1. The first-order valence-corrected chi connectivity index (χ1v) is 20.3. The average molecular weight is 762 g/mol. The van der Waals surface area contributed by atoms with Gasteiger partial charge in [0.15, 0.2) is 0 Å². The maximum Gasteiger partial charge on any atom is 0.329 e. The van der Waals surface area contributed by atoms with Gasteiger partial charge in [0, 0.05) is 44.9 Å². The van der Waals surface area contributed by atoms with Gasteiger partial charge in [0.1, 0.15) is 17.9 Å². The van der Waals surface area contributed by atoms with Crippen LogP contribution in [0.5, 0.6) is 0 Å². The molecule has 306 valence electrons. The van der Waals surface area contributed by atoms with E-state index >= 15 is 0 Å². The third kappa shape index (κ3) is 10.5. The van der Waals surface area contributed by atoms with E-state index in [1.807, 2.05) is 32.9 Å². The van der Waals surface area contributed by atoms with Crippen LogP contribution in [-0.4, -0.2) is 113 Å². The van der Waals surface area contributed by atoms with Crippen molar-refractivity contribution in [2.45, 2.75) is 167 Å². The molecule has 12 nitrogen and oxygen atoms in total. The van der Waals surface area contributed by atoms with Crippen LogP contribution in [0.4, 0.5) is 0 Å². The summed E-state index contributed by atoms with van der Waals surface area (Å²) in [6.07, 6.45) is 5.23. The fourth-order valence-electron chi connectivity index (χ4n) is 9.11. The van der Waals surface area contributed by atoms with Gasteiger partial charge in [0.25, 0.3) is 5.91 Å². The van der Waals surface area contributed by atoms with Crippen molar-refractivity contribution in [2.24, 2.45) is 29.6 Å². The summed E-state index contributed by atoms with van der Waals surface area (Å²) in [4.78, 5) is 57.6. The molecule has 3 fully saturated rings. The fraction of sp³-hybridized carbons (Fsp3) is 0.810. The van der Waals surface area contributed by atoms with E-state index in [2.05, 4.69) is 6.92 Å². The third-order valence-electron chi connectivity index (χ3n) is 12.5. The van der Waals surface area contributed by atoms with Gasteiger partial charge >= 0.3 is 11.8 Å². The molecule has 0 radical (unpaired) electrons. The van der Waals surface area contributed by atoms with E-state index in [0.29, 0.717) is 69.8 Å². The predicted octanol–water partition coefficient (Wildman–Crippen LogP) is 4.85. The number of aliphatic hydroxyl groups excluding tert-OH is 2. The number of rotatable bonds is 5. The number of hydrogen-bond acceptors (Lipinski definition) is 11. The Morgan fingerprint density at radius 1 is 0.944 bits per heavy atom. The second-order valence-electron chi connectivity index (χ2n) is 16.8. The van der Waals surface area contributed by atoms with E-state index in [4.69, 9.17) is 18.9 Å². The van der Waals surface area contributed by atoms with Crippen LogP contribution in [0.15, 0.2) is 23.3 Å². The number of hydrogen-bond donors (Lipinski definition) is 3. The summed E-state index contributed by atoms with van der Waals surface area (Å²) in [5.74, 6) is -7.07. The summed E-state index contributed by atoms with van der Waals surface area (Å²) >= 11 is 0. The number of allylic oxidation sites excluding steroid dienone is 3. The molecule has 0 aromatic carbocycles. The van der Waals surface area contributed by atoms with E-state index in [1.54, 1.807) is 28.1 Å². The summed E-state index contributed by atoms with van der Waals surface area (Å²) in [5.41, 5.74) is 1.69. The highest BCUT2D eigenvalue weighted by Crippen LogP contribution is 2.36. The zero-order chi connectivity index (χ0) is 39.9. The van der Waals surface area contributed by atoms with Crippen LogP contribution in [0.1, 0.15) is 119 Å². The van der Waals surface area contributed by atoms with Crippen LogP contribution in [0, 0.1) is 29.6 Å². The summed E-state index contributed by atoms with van der Waals surface area (Å²) in [5, 5.41) is 34.1. The van der Waals surface area contributed by atoms with E-state index in [0.717, 1.165) is 5.57 Å². The molecule has 1 aliphatic carbocycles. The van der Waals surface area contributed by atoms with E-state index in [-0.39, 0.29) is 43.1 Å². The van der Waals surface area contributed by atoms with Crippen LogP contribution in [0.2, 0.25) is 0 Å². The van der Waals surface area contributed by atoms with Crippen molar-refractivity contribution in [3.05, 3.63) is 23.3 Å². The van der Waals surface area contributed by atoms with Crippen molar-refractivity contribution in [3.8, 4) is 0 Å². The molecule has 2 bridgehead atoms. The SMILES string of the molecule is CCC1C=C(C)CC(C)CC(OC)C2CCC(C)C(=O)C(O)(O2)C(=O)N2CCCCC2C(=O)OC(C(C)=CC2CCC(O)C(OC)C2)C(C)C(O)CC1=O. The van der Waals surface area contributed by atoms with Crippen molar-refractivity contribution in [2.75, 3.05) is 20.8 Å². The Labute approximate surface area is 322 Å². The largest absolute Gasteiger partial charge is 0.456 e. The number of piperidine rings is 1. The molecular weight excluding hydrogens is 694 g/mol. The molecule has 2 saturated heterocycles. The number of ketones is 2. The van der Waals surface area contributed by atoms with Crippen LogP contribution in [0.25, 0.3) is 0 Å². The van der Waals surface area contributed by atoms with Gasteiger partial charge in [0.2, 0.25) is 5.78 Å². The molecule has 0 spiro atoms. The monoisotopic (exact) mass is 761 g/mol. The van der Waals surface area contributed by atoms with Crippen LogP contribution in [0.3, 0.4) is 0 Å². The Morgan fingerprint density at radius 3 is 2.31 bits per heavy atom. The van der Waals surface area contributed by atoms with Crippen LogP contribution in [-0.2, 0) is 38.1 Å². The summed E-state index contributed by atoms with van der Waals surface area (Å²) in [6, 6.07) is -1.12. The minimum atomic E-state index is -2.82. The highest BCUT2D eigenvalue weighted by Gasteiger charge is 2.55. The van der Waals surface area contributed by atoms with Gasteiger partial charge in [-0.15, -0.1) is 0 Å². The topological polar surface area (TPSA) is 169 Å². The van der Waals surface area contributed by atoms with E-state index in [9.17, 15) is 34.5 Å². The second kappa shape index (κ2) is 19.6. The van der Waals surface area contributed by atoms with Crippen molar-refractivity contribution in [1.82, 2.24) is 4.90 Å². The van der Waals surface area contributed by atoms with E-state index in [1.165, 1.54) is 4.90 Å². The fourth-order valence-corrected chi connectivity index (χ4v) is 9.11. The molecule has 1 amide bonds. The first-order valence-electron chi connectivity index (χ1n) is 20.3. The van der Waals surface area contributed by atoms with Gasteiger partial charge in [0.05, 0.1) is 30.5 Å². The smallest absolute Gasteiger partial charge is 0.329 e. The molecule has 3 aliphatic heterocycles. The molecule has 12 heteroatoms. The second-order valence-corrected chi connectivity index (χ2v) is 16.8. The number of nitrogens with zero attached hydrogens (tertiary/aromatic N) is 1. The number of aliphatic hydroxyl groups is 3. The lowest BCUT2D eigenvalue weighted by Crippen LogP contribution is -2.62. The summed E-state index contributed by atoms with van der Waals surface area (Å²) < 4.78 is 23.9. The van der Waals surface area contributed by atoms with Gasteiger partial charge in [-0.2, -0.15) is 0 Å². The van der Waals surface area contributed by atoms with Crippen LogP contribution < -0.4 is 0 Å². The number of carbonyl (C=O) groups excluding carboxylic acids is 4. The van der Waals surface area contributed by atoms with Crippen molar-refractivity contribution in [3.63, 3.8) is 0 Å². The maximum atomic E-state index is 14.5. The number of Topliss-reactive ketones (excluding diaryl/α,β-unsaturated/α-hetero) is 2. The maximum absolute atomic E-state index is 14.5. The van der Waals surface area contributed by atoms with Crippen molar-refractivity contribution >= 4 is 23.4 Å². The first kappa shape index (κ1) is 44.2. The Morgan fingerprint density at radius 2 is 1.65 bits per heavy atom. The average Bonchev–Trinajstić information content (AvgIpc) is 3.26. The Balaban J connectivity index is 1.78. The molecule has 54 heavy (non-hydrogen) atoms. The lowest BCUT2D eigenvalue weighted by atomic mass is 9.81. The zero-order valence-electron chi connectivity index (χ0n) is 33.8. The Hall–Kier alpha value is -2.48. The molecule has 1 saturated carbocycles. The van der Waals surface area contributed by atoms with Crippen molar-refractivity contribution < 1.29 is 53.4 Å². The lowest BCUT2D eigenvalue weighted by molar-refractivity contribution is -0.240. The zero-order valence-corrected chi connectivity index (χ0v) is 33.8. The molecule has 0 aromatic rings. The van der Waals surface area contributed by atoms with Gasteiger partial charge in [-0.3, -0.25) is 14.4 Å². The highest BCUT2D eigenvalue weighted by atomic mass is 16.7. The number of fused-ring (bicyclic) bond motifs is 3. The molecule has 13 atom stereocenters. The highest BCUT2D eigenvalue weighted by molar-refractivity contribution is 6.09. The Kier molecular flexibility index (Phi) is 16.0. The van der Waals surface area contributed by atoms with Gasteiger partial charge < -0.3 is 39.2 Å². The molecule has 4 aliphatic rings. The standard InChI is InChI=1S/C42H67NO11/c1-9-30-19-24(2)18-25(3)20-37(52-8)35-16-13-26(4)39(47)42(50,54-35)41(49)43-17-11-10-12-31(43)40(48)53-38(28(6)33(45)23-34(30)46)27(5)21-29-14-15-32(44)36(22-29)51-7/h19,21,25-26,28-33,35-38,44-45,50H,9-18,20,22-23H2,1-8H3. The van der Waals surface area contributed by atoms with Gasteiger partial charge in [-0.05, 0) is 102 Å². The molecule has 3 N–H and O–H groups in total. The molecule has 13 unspecified atom stereocenters. The number of amides is 1. The summed E-state index contributed by atoms with van der Waals surface area (Å²) in [6.45, 7) is 11.4. The lowest BCUT2D eigenvalue weighted by Gasteiger charge is -2.41. The number of cyclic esters (lactones) is 1. The minimum Gasteiger partial charge on any atom is -0.456 e. The molecule has 0 aromatic heterocycles. The summed E-state index contributed by atoms with van der Waals surface area (Å²) in [7, 11) is 3.12. The number of ether oxygens (including phenoxy) is 4. The quantitative estimate of drug-likeness (QED) is 0.199. The molecule has 4 rings (SSSR count). The number of methoxy groups -OCH3 is 2. The van der Waals surface area contributed by atoms with Crippen LogP contribution >= 0.6 is 0 Å². The predicted molar refractivity (Wildman–Crippen MR) is 202 cm³/mol. The van der Waals surface area contributed by atoms with E-state index < -0.39 is 77.8 Å². The van der Waals surface area contributed by atoms with Gasteiger partial charge in [-0.1, -0.05) is 45.4 Å². The van der Waals surface area contributed by atoms with Crippen molar-refractivity contribution in [1.29, 1.82) is 0 Å². The third-order valence-corrected chi connectivity index (χ3v) is 12.5. The van der Waals surface area contributed by atoms with Gasteiger partial charge in [-0.25, -0.2) is 4.79 Å². The Bertz CT molecular complexity index is 1380. The molecular formula is C42H67NO11.